The molecular weight excluding hydrogens is 390 g/mol. The first-order valence-corrected chi connectivity index (χ1v) is 10.6. The zero-order valence-corrected chi connectivity index (χ0v) is 17.4. The second kappa shape index (κ2) is 9.65. The van der Waals surface area contributed by atoms with Gasteiger partial charge in [0.1, 0.15) is 9.88 Å². The average molecular weight is 416 g/mol. The molecule has 2 aromatic rings. The van der Waals surface area contributed by atoms with E-state index < -0.39 is 24.5 Å². The number of hydrogen-bond acceptors (Lipinski definition) is 6. The molecule has 0 unspecified atom stereocenters. The summed E-state index contributed by atoms with van der Waals surface area (Å²) in [5, 5.41) is 5.76. The molecular formula is C21H25N3O4S. The van der Waals surface area contributed by atoms with Crippen LogP contribution >= 0.6 is 11.3 Å². The number of ether oxygens (including phenoxy) is 1. The van der Waals surface area contributed by atoms with Crippen molar-refractivity contribution in [3.63, 3.8) is 0 Å². The smallest absolute Gasteiger partial charge is 0.350 e. The normalized spacial score (nSPS) is 18.7. The summed E-state index contributed by atoms with van der Waals surface area (Å²) in [6, 6.07) is 9.03. The highest BCUT2D eigenvalue weighted by molar-refractivity contribution is 7.17. The molecule has 154 valence electrons. The molecule has 3 amide bonds. The molecule has 1 aliphatic rings. The Balaban J connectivity index is 1.49. The topological polar surface area (TPSA) is 97.4 Å². The van der Waals surface area contributed by atoms with Gasteiger partial charge < -0.3 is 10.1 Å². The molecule has 0 saturated heterocycles. The number of urea groups is 1. The van der Waals surface area contributed by atoms with Crippen molar-refractivity contribution in [1.29, 1.82) is 0 Å². The van der Waals surface area contributed by atoms with Gasteiger partial charge >= 0.3 is 12.0 Å². The number of hydrogen-bond donors (Lipinski definition) is 2. The lowest BCUT2D eigenvalue weighted by Crippen LogP contribution is -2.48. The van der Waals surface area contributed by atoms with Crippen molar-refractivity contribution >= 4 is 29.2 Å². The Hall–Kier alpha value is -2.74. The van der Waals surface area contributed by atoms with Gasteiger partial charge in [0.05, 0.1) is 5.69 Å². The summed E-state index contributed by atoms with van der Waals surface area (Å²) in [6.07, 6.45) is 4.21. The fourth-order valence-corrected chi connectivity index (χ4v) is 4.35. The Labute approximate surface area is 173 Å². The van der Waals surface area contributed by atoms with E-state index in [0.717, 1.165) is 24.8 Å². The Morgan fingerprint density at radius 1 is 1.17 bits per heavy atom. The standard InChI is InChI=1S/C21H25N3O4S/c1-13-8-6-7-11-16(13)23-21(27)24-17(25)12-28-20(26)18-14(2)22-19(29-18)15-9-4-3-5-10-15/h3-5,9-10,13,16H,6-8,11-12H2,1-2H3,(H2,23,24,25,27)/t13-,16+/m1/s1. The van der Waals surface area contributed by atoms with Crippen LogP contribution in [0, 0.1) is 12.8 Å². The van der Waals surface area contributed by atoms with Gasteiger partial charge in [0.15, 0.2) is 6.61 Å². The second-order valence-electron chi connectivity index (χ2n) is 7.27. The number of thiazole rings is 1. The maximum absolute atomic E-state index is 12.3. The van der Waals surface area contributed by atoms with Gasteiger partial charge in [-0.1, -0.05) is 50.1 Å². The molecule has 0 aliphatic heterocycles. The number of imide groups is 1. The quantitative estimate of drug-likeness (QED) is 0.726. The van der Waals surface area contributed by atoms with E-state index in [9.17, 15) is 14.4 Å². The number of carbonyl (C=O) groups is 3. The molecule has 1 fully saturated rings. The molecule has 2 atom stereocenters. The molecule has 1 heterocycles. The molecule has 29 heavy (non-hydrogen) atoms. The number of rotatable bonds is 5. The van der Waals surface area contributed by atoms with E-state index in [4.69, 9.17) is 4.74 Å². The van der Waals surface area contributed by atoms with Crippen LogP contribution in [0.4, 0.5) is 4.79 Å². The van der Waals surface area contributed by atoms with Crippen LogP contribution in [0.15, 0.2) is 30.3 Å². The molecule has 0 radical (unpaired) electrons. The minimum atomic E-state index is -0.662. The molecule has 0 bridgehead atoms. The third kappa shape index (κ3) is 5.63. The third-order valence-corrected chi connectivity index (χ3v) is 6.20. The molecule has 2 N–H and O–H groups in total. The van der Waals surface area contributed by atoms with Crippen LogP contribution in [0.5, 0.6) is 0 Å². The lowest BCUT2D eigenvalue weighted by Gasteiger charge is -2.29. The summed E-state index contributed by atoms with van der Waals surface area (Å²) >= 11 is 1.21. The number of carbonyl (C=O) groups excluding carboxylic acids is 3. The van der Waals surface area contributed by atoms with Gasteiger partial charge in [0.2, 0.25) is 0 Å². The maximum Gasteiger partial charge on any atom is 0.350 e. The first-order chi connectivity index (χ1) is 13.9. The molecule has 1 aliphatic carbocycles. The van der Waals surface area contributed by atoms with Crippen LogP contribution in [0.25, 0.3) is 10.6 Å². The fraction of sp³-hybridized carbons (Fsp3) is 0.429. The highest BCUT2D eigenvalue weighted by Gasteiger charge is 2.24. The SMILES string of the molecule is Cc1nc(-c2ccccc2)sc1C(=O)OCC(=O)NC(=O)N[C@H]1CCCC[C@H]1C. The van der Waals surface area contributed by atoms with Gasteiger partial charge in [-0.15, -0.1) is 11.3 Å². The van der Waals surface area contributed by atoms with Crippen LogP contribution in [0.2, 0.25) is 0 Å². The van der Waals surface area contributed by atoms with Gasteiger partial charge in [-0.25, -0.2) is 14.6 Å². The lowest BCUT2D eigenvalue weighted by molar-refractivity contribution is -0.123. The Morgan fingerprint density at radius 2 is 1.90 bits per heavy atom. The highest BCUT2D eigenvalue weighted by atomic mass is 32.1. The summed E-state index contributed by atoms with van der Waals surface area (Å²) in [4.78, 5) is 41.0. The number of nitrogens with zero attached hydrogens (tertiary/aromatic N) is 1. The van der Waals surface area contributed by atoms with E-state index in [2.05, 4.69) is 22.5 Å². The molecule has 1 aromatic heterocycles. The number of benzene rings is 1. The predicted octanol–water partition coefficient (Wildman–Crippen LogP) is 3.68. The van der Waals surface area contributed by atoms with Gasteiger partial charge in [0.25, 0.3) is 5.91 Å². The van der Waals surface area contributed by atoms with Crippen molar-refractivity contribution < 1.29 is 19.1 Å². The minimum Gasteiger partial charge on any atom is -0.451 e. The second-order valence-corrected chi connectivity index (χ2v) is 8.26. The molecule has 3 rings (SSSR count). The van der Waals surface area contributed by atoms with Crippen molar-refractivity contribution in [1.82, 2.24) is 15.6 Å². The van der Waals surface area contributed by atoms with Crippen LogP contribution in [0.3, 0.4) is 0 Å². The van der Waals surface area contributed by atoms with E-state index in [1.54, 1.807) is 6.92 Å². The molecule has 1 aromatic carbocycles. The monoisotopic (exact) mass is 415 g/mol. The van der Waals surface area contributed by atoms with E-state index in [1.807, 2.05) is 30.3 Å². The van der Waals surface area contributed by atoms with Gasteiger partial charge in [-0.2, -0.15) is 0 Å². The van der Waals surface area contributed by atoms with Crippen molar-refractivity contribution in [2.24, 2.45) is 5.92 Å². The molecule has 7 nitrogen and oxygen atoms in total. The van der Waals surface area contributed by atoms with Crippen molar-refractivity contribution in [2.75, 3.05) is 6.61 Å². The number of aromatic nitrogens is 1. The number of esters is 1. The third-order valence-electron chi connectivity index (χ3n) is 5.02. The van der Waals surface area contributed by atoms with Gasteiger partial charge in [0, 0.05) is 11.6 Å². The van der Waals surface area contributed by atoms with E-state index >= 15 is 0 Å². The van der Waals surface area contributed by atoms with Gasteiger partial charge in [-0.3, -0.25) is 10.1 Å². The zero-order valence-electron chi connectivity index (χ0n) is 16.6. The van der Waals surface area contributed by atoms with Gasteiger partial charge in [-0.05, 0) is 25.7 Å². The summed E-state index contributed by atoms with van der Waals surface area (Å²) in [5.74, 6) is -0.904. The van der Waals surface area contributed by atoms with E-state index in [1.165, 1.54) is 17.8 Å². The highest BCUT2D eigenvalue weighted by Crippen LogP contribution is 2.28. The molecule has 0 spiro atoms. The first kappa shape index (κ1) is 21.0. The lowest BCUT2D eigenvalue weighted by atomic mass is 9.86. The summed E-state index contributed by atoms with van der Waals surface area (Å²) < 4.78 is 5.07. The van der Waals surface area contributed by atoms with Crippen molar-refractivity contribution in [3.05, 3.63) is 40.9 Å². The van der Waals surface area contributed by atoms with E-state index in [-0.39, 0.29) is 6.04 Å². The van der Waals surface area contributed by atoms with Crippen LogP contribution in [-0.2, 0) is 9.53 Å². The average Bonchev–Trinajstić information content (AvgIpc) is 3.10. The predicted molar refractivity (Wildman–Crippen MR) is 111 cm³/mol. The maximum atomic E-state index is 12.3. The zero-order chi connectivity index (χ0) is 20.8. The Morgan fingerprint density at radius 3 is 2.62 bits per heavy atom. The van der Waals surface area contributed by atoms with E-state index in [0.29, 0.717) is 21.5 Å². The van der Waals surface area contributed by atoms with Crippen LogP contribution in [0.1, 0.15) is 48.0 Å². The molecule has 1 saturated carbocycles. The Kier molecular flexibility index (Phi) is 6.98. The number of amides is 3. The summed E-state index contributed by atoms with van der Waals surface area (Å²) in [6.45, 7) is 3.29. The minimum absolute atomic E-state index is 0.0651. The number of aryl methyl sites for hydroxylation is 1. The largest absolute Gasteiger partial charge is 0.451 e. The Bertz CT molecular complexity index is 881. The molecule has 8 heteroatoms. The first-order valence-electron chi connectivity index (χ1n) is 9.74. The summed E-state index contributed by atoms with van der Waals surface area (Å²) in [7, 11) is 0. The van der Waals surface area contributed by atoms with Crippen molar-refractivity contribution in [3.8, 4) is 10.6 Å². The summed E-state index contributed by atoms with van der Waals surface area (Å²) in [5.41, 5.74) is 1.45. The van der Waals surface area contributed by atoms with Crippen LogP contribution < -0.4 is 10.6 Å². The van der Waals surface area contributed by atoms with Crippen LogP contribution in [-0.4, -0.2) is 35.5 Å². The van der Waals surface area contributed by atoms with Crippen molar-refractivity contribution in [2.45, 2.75) is 45.6 Å². The fourth-order valence-electron chi connectivity index (χ4n) is 3.38. The number of nitrogens with one attached hydrogen (secondary N) is 2.